The van der Waals surface area contributed by atoms with E-state index in [1.165, 1.54) is 33.2 Å². The Morgan fingerprint density at radius 1 is 1.04 bits per heavy atom. The van der Waals surface area contributed by atoms with Gasteiger partial charge >= 0.3 is 0 Å². The first-order valence-corrected chi connectivity index (χ1v) is 8.50. The predicted molar refractivity (Wildman–Crippen MR) is 106 cm³/mol. The lowest BCUT2D eigenvalue weighted by Gasteiger charge is -2.15. The van der Waals surface area contributed by atoms with Crippen LogP contribution in [0.5, 0.6) is 0 Å². The van der Waals surface area contributed by atoms with Crippen LogP contribution < -0.4 is 0 Å². The maximum Gasteiger partial charge on any atom is 0.0524 e. The number of fused-ring (bicyclic) bond motifs is 1. The fourth-order valence-corrected chi connectivity index (χ4v) is 2.98. The van der Waals surface area contributed by atoms with Crippen LogP contribution in [0.15, 0.2) is 59.2 Å². The SMILES string of the molecule is CN(C)C1=CCC(c2ccc3ccccc3c2/C=N/C(C)(C)C)=C1. The molecule has 0 spiro atoms. The number of hydrogen-bond donors (Lipinski definition) is 0. The molecule has 124 valence electrons. The van der Waals surface area contributed by atoms with Crippen LogP contribution >= 0.6 is 0 Å². The summed E-state index contributed by atoms with van der Waals surface area (Å²) in [6.07, 6.45) is 7.61. The Bertz CT molecular complexity index is 846. The summed E-state index contributed by atoms with van der Waals surface area (Å²) in [5.41, 5.74) is 5.07. The van der Waals surface area contributed by atoms with Gasteiger partial charge in [-0.1, -0.05) is 42.5 Å². The van der Waals surface area contributed by atoms with Gasteiger partial charge in [0, 0.05) is 31.6 Å². The van der Waals surface area contributed by atoms with Gasteiger partial charge in [0.25, 0.3) is 0 Å². The minimum atomic E-state index is -0.0781. The maximum atomic E-state index is 4.78. The van der Waals surface area contributed by atoms with Crippen molar-refractivity contribution in [2.45, 2.75) is 32.7 Å². The molecule has 0 atom stereocenters. The second-order valence-corrected chi connectivity index (χ2v) is 7.57. The summed E-state index contributed by atoms with van der Waals surface area (Å²) < 4.78 is 0. The molecule has 24 heavy (non-hydrogen) atoms. The summed E-state index contributed by atoms with van der Waals surface area (Å²) in [7, 11) is 4.18. The quantitative estimate of drug-likeness (QED) is 0.702. The van der Waals surface area contributed by atoms with E-state index < -0.39 is 0 Å². The van der Waals surface area contributed by atoms with Gasteiger partial charge in [-0.3, -0.25) is 4.99 Å². The van der Waals surface area contributed by atoms with Gasteiger partial charge in [-0.15, -0.1) is 0 Å². The summed E-state index contributed by atoms with van der Waals surface area (Å²) in [5, 5.41) is 2.53. The Morgan fingerprint density at radius 2 is 1.79 bits per heavy atom. The molecule has 0 saturated carbocycles. The first-order chi connectivity index (χ1) is 11.3. The van der Waals surface area contributed by atoms with E-state index in [1.54, 1.807) is 0 Å². The van der Waals surface area contributed by atoms with E-state index in [0.717, 1.165) is 6.42 Å². The lowest BCUT2D eigenvalue weighted by molar-refractivity contribution is 0.531. The van der Waals surface area contributed by atoms with Crippen molar-refractivity contribution in [3.8, 4) is 0 Å². The third-order valence-electron chi connectivity index (χ3n) is 4.27. The van der Waals surface area contributed by atoms with Gasteiger partial charge in [0.05, 0.1) is 5.54 Å². The molecule has 1 aliphatic carbocycles. The second kappa shape index (κ2) is 6.27. The highest BCUT2D eigenvalue weighted by atomic mass is 15.1. The van der Waals surface area contributed by atoms with Crippen LogP contribution in [0, 0.1) is 0 Å². The molecule has 0 unspecified atom stereocenters. The molecule has 0 fully saturated rings. The van der Waals surface area contributed by atoms with Crippen molar-refractivity contribution in [3.05, 3.63) is 65.4 Å². The van der Waals surface area contributed by atoms with Crippen molar-refractivity contribution >= 4 is 22.6 Å². The zero-order valence-corrected chi connectivity index (χ0v) is 15.3. The first kappa shape index (κ1) is 16.5. The second-order valence-electron chi connectivity index (χ2n) is 7.57. The fraction of sp³-hybridized carbons (Fsp3) is 0.318. The zero-order chi connectivity index (χ0) is 17.3. The van der Waals surface area contributed by atoms with Gasteiger partial charge in [-0.2, -0.15) is 0 Å². The molecule has 2 heteroatoms. The molecule has 0 N–H and O–H groups in total. The summed E-state index contributed by atoms with van der Waals surface area (Å²) >= 11 is 0. The zero-order valence-electron chi connectivity index (χ0n) is 15.3. The van der Waals surface area contributed by atoms with Crippen molar-refractivity contribution < 1.29 is 0 Å². The molecule has 1 aliphatic rings. The summed E-state index contributed by atoms with van der Waals surface area (Å²) in [5.74, 6) is 0. The van der Waals surface area contributed by atoms with Crippen molar-refractivity contribution in [3.63, 3.8) is 0 Å². The van der Waals surface area contributed by atoms with E-state index in [9.17, 15) is 0 Å². The Labute approximate surface area is 145 Å². The van der Waals surface area contributed by atoms with Crippen molar-refractivity contribution in [1.82, 2.24) is 4.90 Å². The number of nitrogens with zero attached hydrogens (tertiary/aromatic N) is 2. The van der Waals surface area contributed by atoms with E-state index in [4.69, 9.17) is 4.99 Å². The van der Waals surface area contributed by atoms with Crippen LogP contribution in [0.1, 0.15) is 38.3 Å². The monoisotopic (exact) mass is 318 g/mol. The molecule has 0 amide bonds. The van der Waals surface area contributed by atoms with Gasteiger partial charge in [-0.25, -0.2) is 0 Å². The highest BCUT2D eigenvalue weighted by Gasteiger charge is 2.15. The number of rotatable bonds is 3. The number of allylic oxidation sites excluding steroid dienone is 3. The van der Waals surface area contributed by atoms with E-state index in [1.807, 2.05) is 0 Å². The lowest BCUT2D eigenvalue weighted by atomic mass is 9.94. The van der Waals surface area contributed by atoms with Gasteiger partial charge in [0.1, 0.15) is 0 Å². The first-order valence-electron chi connectivity index (χ1n) is 8.50. The molecule has 3 rings (SSSR count). The largest absolute Gasteiger partial charge is 0.378 e. The Morgan fingerprint density at radius 3 is 2.46 bits per heavy atom. The van der Waals surface area contributed by atoms with Gasteiger partial charge < -0.3 is 4.90 Å². The van der Waals surface area contributed by atoms with Crippen LogP contribution in [0.4, 0.5) is 0 Å². The average molecular weight is 318 g/mol. The standard InChI is InChI=1S/C22H26N2/c1-22(2,3)23-15-21-19-9-7-6-8-16(19)11-13-20(21)17-10-12-18(14-17)24(4)5/h6-9,11-15H,10H2,1-5H3/b23-15+. The lowest BCUT2D eigenvalue weighted by Crippen LogP contribution is -2.10. The topological polar surface area (TPSA) is 15.6 Å². The Kier molecular flexibility index (Phi) is 4.31. The van der Waals surface area contributed by atoms with Gasteiger partial charge in [0.15, 0.2) is 0 Å². The van der Waals surface area contributed by atoms with Gasteiger partial charge in [-0.05, 0) is 55.2 Å². The molecule has 0 bridgehead atoms. The molecule has 2 aromatic carbocycles. The fourth-order valence-electron chi connectivity index (χ4n) is 2.98. The highest BCUT2D eigenvalue weighted by molar-refractivity contribution is 6.05. The number of benzene rings is 2. The molecule has 2 nitrogen and oxygen atoms in total. The predicted octanol–water partition coefficient (Wildman–Crippen LogP) is 5.29. The average Bonchev–Trinajstić information content (AvgIpc) is 3.01. The van der Waals surface area contributed by atoms with Crippen molar-refractivity contribution in [2.75, 3.05) is 14.1 Å². The smallest absolute Gasteiger partial charge is 0.0524 e. The molecule has 0 aliphatic heterocycles. The minimum absolute atomic E-state index is 0.0781. The van der Waals surface area contributed by atoms with Crippen LogP contribution in [0.25, 0.3) is 16.3 Å². The minimum Gasteiger partial charge on any atom is -0.378 e. The normalized spacial score (nSPS) is 15.0. The van der Waals surface area contributed by atoms with Gasteiger partial charge in [0.2, 0.25) is 0 Å². The van der Waals surface area contributed by atoms with Crippen LogP contribution in [0.3, 0.4) is 0 Å². The third-order valence-corrected chi connectivity index (χ3v) is 4.27. The molecule has 2 aromatic rings. The van der Waals surface area contributed by atoms with E-state index >= 15 is 0 Å². The number of likely N-dealkylation sites (N-methyl/N-ethyl adjacent to an activating group) is 1. The Balaban J connectivity index is 2.15. The summed E-state index contributed by atoms with van der Waals surface area (Å²) in [4.78, 5) is 6.95. The molecular weight excluding hydrogens is 292 g/mol. The number of aliphatic imine (C=N–C) groups is 1. The maximum absolute atomic E-state index is 4.78. The summed E-state index contributed by atoms with van der Waals surface area (Å²) in [6.45, 7) is 6.40. The van der Waals surface area contributed by atoms with Crippen molar-refractivity contribution in [1.29, 1.82) is 0 Å². The third kappa shape index (κ3) is 3.43. The van der Waals surface area contributed by atoms with Crippen LogP contribution in [-0.2, 0) is 0 Å². The van der Waals surface area contributed by atoms with Crippen LogP contribution in [-0.4, -0.2) is 30.7 Å². The summed E-state index contributed by atoms with van der Waals surface area (Å²) in [6, 6.07) is 13.0. The molecule has 0 aromatic heterocycles. The van der Waals surface area contributed by atoms with Crippen molar-refractivity contribution in [2.24, 2.45) is 4.99 Å². The molecular formula is C22H26N2. The van der Waals surface area contributed by atoms with Crippen LogP contribution in [0.2, 0.25) is 0 Å². The molecule has 0 radical (unpaired) electrons. The Hall–Kier alpha value is -2.35. The highest BCUT2D eigenvalue weighted by Crippen LogP contribution is 2.33. The van der Waals surface area contributed by atoms with E-state index in [0.29, 0.717) is 0 Å². The van der Waals surface area contributed by atoms with E-state index in [-0.39, 0.29) is 5.54 Å². The molecule has 0 saturated heterocycles. The van der Waals surface area contributed by atoms with E-state index in [2.05, 4.69) is 94.5 Å². The molecule has 0 heterocycles. The number of hydrogen-bond acceptors (Lipinski definition) is 2.